The van der Waals surface area contributed by atoms with Crippen molar-refractivity contribution in [2.75, 3.05) is 13.2 Å². The molecule has 5 heteroatoms. The first kappa shape index (κ1) is 14.9. The van der Waals surface area contributed by atoms with Crippen molar-refractivity contribution in [3.8, 4) is 5.75 Å². The molecule has 1 heterocycles. The van der Waals surface area contributed by atoms with Gasteiger partial charge in [-0.2, -0.15) is 0 Å². The van der Waals surface area contributed by atoms with Gasteiger partial charge in [0.15, 0.2) is 0 Å². The number of carbonyl (C=O) groups excluding carboxylic acids is 1. The molecular weight excluding hydrogens is 282 g/mol. The van der Waals surface area contributed by atoms with Gasteiger partial charge < -0.3 is 14.7 Å². The average molecular weight is 303 g/mol. The number of carboxylic acids is 1. The van der Waals surface area contributed by atoms with Gasteiger partial charge in [-0.3, -0.25) is 9.59 Å². The van der Waals surface area contributed by atoms with Crippen LogP contribution in [0, 0.1) is 11.8 Å². The topological polar surface area (TPSA) is 66.8 Å². The summed E-state index contributed by atoms with van der Waals surface area (Å²) in [5.41, 5.74) is 1.10. The number of hydrogen-bond acceptors (Lipinski definition) is 3. The lowest BCUT2D eigenvalue weighted by molar-refractivity contribution is -0.142. The zero-order valence-electron chi connectivity index (χ0n) is 12.7. The summed E-state index contributed by atoms with van der Waals surface area (Å²) in [6.07, 6.45) is 2.39. The molecule has 22 heavy (non-hydrogen) atoms. The van der Waals surface area contributed by atoms with Crippen LogP contribution in [0.4, 0.5) is 0 Å². The molecule has 3 atom stereocenters. The van der Waals surface area contributed by atoms with Gasteiger partial charge in [-0.05, 0) is 43.9 Å². The molecule has 0 spiro atoms. The van der Waals surface area contributed by atoms with Gasteiger partial charge in [0.25, 0.3) is 0 Å². The quantitative estimate of drug-likeness (QED) is 0.907. The lowest BCUT2D eigenvalue weighted by Gasteiger charge is -2.25. The zero-order valence-corrected chi connectivity index (χ0v) is 12.7. The van der Waals surface area contributed by atoms with Gasteiger partial charge in [0.05, 0.1) is 24.5 Å². The van der Waals surface area contributed by atoms with Crippen LogP contribution in [-0.2, 0) is 9.59 Å². The molecule has 2 fully saturated rings. The van der Waals surface area contributed by atoms with Crippen LogP contribution in [0.25, 0.3) is 0 Å². The predicted molar refractivity (Wildman–Crippen MR) is 80.5 cm³/mol. The van der Waals surface area contributed by atoms with E-state index in [1.807, 2.05) is 36.1 Å². The molecule has 1 aromatic rings. The van der Waals surface area contributed by atoms with Crippen LogP contribution < -0.4 is 4.74 Å². The van der Waals surface area contributed by atoms with Crippen molar-refractivity contribution in [2.24, 2.45) is 11.8 Å². The Morgan fingerprint density at radius 2 is 2.00 bits per heavy atom. The fraction of sp³-hybridized carbons (Fsp3) is 0.529. The Morgan fingerprint density at radius 1 is 1.27 bits per heavy atom. The predicted octanol–water partition coefficient (Wildman–Crippen LogP) is 2.47. The van der Waals surface area contributed by atoms with Crippen LogP contribution >= 0.6 is 0 Å². The summed E-state index contributed by atoms with van der Waals surface area (Å²) in [5, 5.41) is 8.99. The van der Waals surface area contributed by atoms with Crippen molar-refractivity contribution in [1.82, 2.24) is 4.90 Å². The van der Waals surface area contributed by atoms with Crippen molar-refractivity contribution in [1.29, 1.82) is 0 Å². The summed E-state index contributed by atoms with van der Waals surface area (Å²) in [6, 6.07) is 7.93. The third-order valence-corrected chi connectivity index (χ3v) is 4.54. The maximum Gasteiger partial charge on any atom is 0.307 e. The Kier molecular flexibility index (Phi) is 4.05. The van der Waals surface area contributed by atoms with Crippen LogP contribution in [0.3, 0.4) is 0 Å². The maximum atomic E-state index is 12.5. The Bertz CT molecular complexity index is 569. The summed E-state index contributed by atoms with van der Waals surface area (Å²) < 4.78 is 5.44. The molecule has 1 saturated heterocycles. The lowest BCUT2D eigenvalue weighted by atomic mass is 10.0. The molecule has 0 aromatic heterocycles. The fourth-order valence-electron chi connectivity index (χ4n) is 3.28. The summed E-state index contributed by atoms with van der Waals surface area (Å²) in [7, 11) is 0. The molecule has 1 saturated carbocycles. The molecule has 0 radical (unpaired) electrons. The average Bonchev–Trinajstić information content (AvgIpc) is 3.18. The van der Waals surface area contributed by atoms with Crippen LogP contribution in [0.1, 0.15) is 37.8 Å². The Labute approximate surface area is 129 Å². The highest BCUT2D eigenvalue weighted by Gasteiger charge is 2.51. The molecule has 3 rings (SSSR count). The van der Waals surface area contributed by atoms with Crippen molar-refractivity contribution >= 4 is 11.9 Å². The van der Waals surface area contributed by atoms with E-state index in [2.05, 4.69) is 0 Å². The van der Waals surface area contributed by atoms with Crippen LogP contribution in [0.5, 0.6) is 5.75 Å². The zero-order chi connectivity index (χ0) is 15.7. The van der Waals surface area contributed by atoms with Gasteiger partial charge in [-0.15, -0.1) is 0 Å². The number of ether oxygens (including phenoxy) is 1. The highest BCUT2D eigenvalue weighted by Crippen LogP contribution is 2.43. The summed E-state index contributed by atoms with van der Waals surface area (Å²) >= 11 is 0. The minimum Gasteiger partial charge on any atom is -0.494 e. The second-order valence-corrected chi connectivity index (χ2v) is 5.98. The minimum absolute atomic E-state index is 0.00350. The van der Waals surface area contributed by atoms with E-state index in [4.69, 9.17) is 9.84 Å². The van der Waals surface area contributed by atoms with E-state index in [0.717, 1.165) is 30.7 Å². The molecule has 2 aliphatic rings. The summed E-state index contributed by atoms with van der Waals surface area (Å²) in [5.74, 6) is -0.816. The first-order chi connectivity index (χ1) is 10.6. The first-order valence-electron chi connectivity index (χ1n) is 7.88. The standard InChI is InChI=1S/C17H21NO4/c1-2-22-12-7-5-11(6-8-12)15-4-3-9-18(15)16(19)13-10-14(13)17(20)21/h5-8,13-15H,2-4,9-10H2,1H3,(H,20,21)/t13-,14-,15+/m1/s1. The van der Waals surface area contributed by atoms with E-state index >= 15 is 0 Å². The number of likely N-dealkylation sites (tertiary alicyclic amines) is 1. The van der Waals surface area contributed by atoms with E-state index in [-0.39, 0.29) is 17.9 Å². The third-order valence-electron chi connectivity index (χ3n) is 4.54. The van der Waals surface area contributed by atoms with Crippen molar-refractivity contribution in [3.05, 3.63) is 29.8 Å². The van der Waals surface area contributed by atoms with E-state index < -0.39 is 11.9 Å². The van der Waals surface area contributed by atoms with Crippen molar-refractivity contribution in [3.63, 3.8) is 0 Å². The number of benzene rings is 1. The fourth-order valence-corrected chi connectivity index (χ4v) is 3.28. The van der Waals surface area contributed by atoms with Gasteiger partial charge in [0.2, 0.25) is 5.91 Å². The molecule has 0 unspecified atom stereocenters. The Balaban J connectivity index is 1.70. The Hall–Kier alpha value is -2.04. The van der Waals surface area contributed by atoms with Gasteiger partial charge in [-0.25, -0.2) is 0 Å². The van der Waals surface area contributed by atoms with Crippen LogP contribution in [-0.4, -0.2) is 35.0 Å². The van der Waals surface area contributed by atoms with Crippen LogP contribution in [0.15, 0.2) is 24.3 Å². The summed E-state index contributed by atoms with van der Waals surface area (Å²) in [6.45, 7) is 3.30. The number of rotatable bonds is 5. The van der Waals surface area contributed by atoms with Crippen molar-refractivity contribution < 1.29 is 19.4 Å². The number of carboxylic acid groups (broad SMARTS) is 1. The SMILES string of the molecule is CCOc1ccc([C@@H]2CCCN2C(=O)[C@@H]2C[C@H]2C(=O)O)cc1. The molecule has 5 nitrogen and oxygen atoms in total. The molecule has 1 aliphatic heterocycles. The highest BCUT2D eigenvalue weighted by molar-refractivity contribution is 5.89. The molecule has 1 amide bonds. The monoisotopic (exact) mass is 303 g/mol. The van der Waals surface area contributed by atoms with Gasteiger partial charge in [0, 0.05) is 6.54 Å². The normalized spacial score (nSPS) is 26.8. The number of amides is 1. The van der Waals surface area contributed by atoms with Gasteiger partial charge in [0.1, 0.15) is 5.75 Å². The number of aliphatic carboxylic acids is 1. The second-order valence-electron chi connectivity index (χ2n) is 5.98. The number of nitrogens with zero attached hydrogens (tertiary/aromatic N) is 1. The smallest absolute Gasteiger partial charge is 0.307 e. The molecular formula is C17H21NO4. The maximum absolute atomic E-state index is 12.5. The number of carbonyl (C=O) groups is 2. The molecule has 1 aromatic carbocycles. The third kappa shape index (κ3) is 2.80. The minimum atomic E-state index is -0.852. The van der Waals surface area contributed by atoms with Gasteiger partial charge in [-0.1, -0.05) is 12.1 Å². The molecule has 0 bridgehead atoms. The lowest BCUT2D eigenvalue weighted by Crippen LogP contribution is -2.32. The van der Waals surface area contributed by atoms with Gasteiger partial charge >= 0.3 is 5.97 Å². The van der Waals surface area contributed by atoms with E-state index in [0.29, 0.717) is 13.0 Å². The van der Waals surface area contributed by atoms with Crippen LogP contribution in [0.2, 0.25) is 0 Å². The van der Waals surface area contributed by atoms with Crippen molar-refractivity contribution in [2.45, 2.75) is 32.2 Å². The highest BCUT2D eigenvalue weighted by atomic mass is 16.5. The summed E-state index contributed by atoms with van der Waals surface area (Å²) in [4.78, 5) is 25.3. The molecule has 118 valence electrons. The Morgan fingerprint density at radius 3 is 2.59 bits per heavy atom. The molecule has 1 N–H and O–H groups in total. The van der Waals surface area contributed by atoms with E-state index in [1.165, 1.54) is 0 Å². The first-order valence-corrected chi connectivity index (χ1v) is 7.88. The second kappa shape index (κ2) is 5.99. The molecule has 1 aliphatic carbocycles. The van der Waals surface area contributed by atoms with E-state index in [9.17, 15) is 9.59 Å². The largest absolute Gasteiger partial charge is 0.494 e. The van der Waals surface area contributed by atoms with E-state index in [1.54, 1.807) is 0 Å². The number of hydrogen-bond donors (Lipinski definition) is 1.